The molecule has 112 valence electrons. The fourth-order valence-electron chi connectivity index (χ4n) is 2.86. The van der Waals surface area contributed by atoms with E-state index >= 15 is 0 Å². The molecule has 0 N–H and O–H groups in total. The van der Waals surface area contributed by atoms with Crippen molar-refractivity contribution in [2.75, 3.05) is 32.9 Å². The maximum absolute atomic E-state index is 6.07. The van der Waals surface area contributed by atoms with Crippen molar-refractivity contribution >= 4 is 0 Å². The van der Waals surface area contributed by atoms with Crippen LogP contribution in [0.15, 0.2) is 0 Å². The summed E-state index contributed by atoms with van der Waals surface area (Å²) in [5, 5.41) is 0. The molecule has 2 rings (SSSR count). The van der Waals surface area contributed by atoms with Gasteiger partial charge >= 0.3 is 0 Å². The highest BCUT2D eigenvalue weighted by molar-refractivity contribution is 4.88. The Bertz CT molecular complexity index is 292. The van der Waals surface area contributed by atoms with E-state index in [4.69, 9.17) is 14.2 Å². The van der Waals surface area contributed by atoms with Gasteiger partial charge in [0.25, 0.3) is 0 Å². The second-order valence-electron chi connectivity index (χ2n) is 7.41. The maximum atomic E-state index is 6.07. The molecule has 0 aromatic carbocycles. The van der Waals surface area contributed by atoms with E-state index in [0.717, 1.165) is 39.3 Å². The summed E-state index contributed by atoms with van der Waals surface area (Å²) in [7, 11) is 0. The monoisotopic (exact) mass is 271 g/mol. The number of hydrogen-bond donors (Lipinski definition) is 0. The molecule has 0 radical (unpaired) electrons. The van der Waals surface area contributed by atoms with Gasteiger partial charge in [-0.15, -0.1) is 0 Å². The molecule has 2 saturated heterocycles. The molecule has 0 amide bonds. The van der Waals surface area contributed by atoms with Crippen molar-refractivity contribution < 1.29 is 14.2 Å². The zero-order valence-electron chi connectivity index (χ0n) is 13.1. The van der Waals surface area contributed by atoms with Gasteiger partial charge in [-0.05, 0) is 20.3 Å². The van der Waals surface area contributed by atoms with Crippen LogP contribution >= 0.6 is 0 Å². The predicted molar refractivity (Wildman–Crippen MR) is 75.2 cm³/mol. The van der Waals surface area contributed by atoms with E-state index in [2.05, 4.69) is 39.5 Å². The van der Waals surface area contributed by atoms with Crippen LogP contribution in [0.1, 0.15) is 41.0 Å². The average molecular weight is 271 g/mol. The van der Waals surface area contributed by atoms with E-state index in [1.807, 2.05) is 0 Å². The van der Waals surface area contributed by atoms with Gasteiger partial charge in [0.2, 0.25) is 0 Å². The van der Waals surface area contributed by atoms with Gasteiger partial charge in [-0.25, -0.2) is 0 Å². The molecule has 0 spiro atoms. The Hall–Kier alpha value is -0.160. The van der Waals surface area contributed by atoms with E-state index in [1.54, 1.807) is 0 Å². The highest BCUT2D eigenvalue weighted by Gasteiger charge is 2.39. The zero-order chi connectivity index (χ0) is 14.1. The number of hydrogen-bond acceptors (Lipinski definition) is 4. The Balaban J connectivity index is 1.87. The van der Waals surface area contributed by atoms with Gasteiger partial charge in [0.15, 0.2) is 6.29 Å². The van der Waals surface area contributed by atoms with E-state index in [0.29, 0.717) is 0 Å². The number of ether oxygens (including phenoxy) is 3. The van der Waals surface area contributed by atoms with Gasteiger partial charge in [0.1, 0.15) is 0 Å². The molecule has 2 atom stereocenters. The van der Waals surface area contributed by atoms with Crippen LogP contribution in [0, 0.1) is 5.41 Å². The minimum absolute atomic E-state index is 0.0534. The molecular formula is C15H29NO3. The molecule has 4 heteroatoms. The SMILES string of the molecule is CC(C)(C)C1OCC(CC(C)(C)N2CCOCC2)O1. The maximum Gasteiger partial charge on any atom is 0.162 e. The Morgan fingerprint density at radius 1 is 1.05 bits per heavy atom. The Labute approximate surface area is 117 Å². The predicted octanol–water partition coefficient (Wildman–Crippen LogP) is 2.27. The van der Waals surface area contributed by atoms with Crippen LogP contribution < -0.4 is 0 Å². The summed E-state index contributed by atoms with van der Waals surface area (Å²) in [5.74, 6) is 0. The molecule has 19 heavy (non-hydrogen) atoms. The first-order valence-electron chi connectivity index (χ1n) is 7.39. The Morgan fingerprint density at radius 3 is 2.21 bits per heavy atom. The Kier molecular flexibility index (Phi) is 4.56. The molecule has 0 aromatic heterocycles. The molecule has 2 fully saturated rings. The first-order valence-corrected chi connectivity index (χ1v) is 7.39. The summed E-state index contributed by atoms with van der Waals surface area (Å²) >= 11 is 0. The van der Waals surface area contributed by atoms with Crippen molar-refractivity contribution in [2.45, 2.75) is 59.0 Å². The molecule has 4 nitrogen and oxygen atoms in total. The molecule has 2 unspecified atom stereocenters. The van der Waals surface area contributed by atoms with E-state index in [1.165, 1.54) is 0 Å². The highest BCUT2D eigenvalue weighted by Crippen LogP contribution is 2.32. The average Bonchev–Trinajstić information content (AvgIpc) is 2.78. The lowest BCUT2D eigenvalue weighted by molar-refractivity contribution is -0.129. The van der Waals surface area contributed by atoms with Gasteiger partial charge < -0.3 is 14.2 Å². The third-order valence-electron chi connectivity index (χ3n) is 4.05. The topological polar surface area (TPSA) is 30.9 Å². The number of morpholine rings is 1. The van der Waals surface area contributed by atoms with Gasteiger partial charge in [-0.2, -0.15) is 0 Å². The molecule has 0 aliphatic carbocycles. The van der Waals surface area contributed by atoms with Crippen molar-refractivity contribution in [1.29, 1.82) is 0 Å². The van der Waals surface area contributed by atoms with Crippen LogP contribution in [0.2, 0.25) is 0 Å². The fraction of sp³-hybridized carbons (Fsp3) is 1.00. The Morgan fingerprint density at radius 2 is 1.68 bits per heavy atom. The fourth-order valence-corrected chi connectivity index (χ4v) is 2.86. The lowest BCUT2D eigenvalue weighted by Crippen LogP contribution is -2.51. The van der Waals surface area contributed by atoms with Crippen molar-refractivity contribution in [1.82, 2.24) is 4.90 Å². The zero-order valence-corrected chi connectivity index (χ0v) is 13.1. The second-order valence-corrected chi connectivity index (χ2v) is 7.41. The first-order chi connectivity index (χ1) is 8.79. The van der Waals surface area contributed by atoms with Crippen LogP contribution in [0.5, 0.6) is 0 Å². The number of nitrogens with zero attached hydrogens (tertiary/aromatic N) is 1. The third kappa shape index (κ3) is 3.91. The van der Waals surface area contributed by atoms with Crippen LogP contribution in [-0.2, 0) is 14.2 Å². The van der Waals surface area contributed by atoms with Gasteiger partial charge in [0.05, 0.1) is 25.9 Å². The van der Waals surface area contributed by atoms with Crippen LogP contribution in [0.25, 0.3) is 0 Å². The van der Waals surface area contributed by atoms with E-state index in [-0.39, 0.29) is 23.3 Å². The van der Waals surface area contributed by atoms with Crippen molar-refractivity contribution in [3.63, 3.8) is 0 Å². The van der Waals surface area contributed by atoms with Crippen molar-refractivity contribution in [3.05, 3.63) is 0 Å². The lowest BCUT2D eigenvalue weighted by Gasteiger charge is -2.42. The van der Waals surface area contributed by atoms with Crippen LogP contribution in [-0.4, -0.2) is 55.7 Å². The first kappa shape index (κ1) is 15.2. The van der Waals surface area contributed by atoms with Crippen LogP contribution in [0.3, 0.4) is 0 Å². The molecule has 2 aliphatic heterocycles. The highest BCUT2D eigenvalue weighted by atomic mass is 16.7. The second kappa shape index (κ2) is 5.68. The largest absolute Gasteiger partial charge is 0.379 e. The molecular weight excluding hydrogens is 242 g/mol. The van der Waals surface area contributed by atoms with Crippen LogP contribution in [0.4, 0.5) is 0 Å². The minimum atomic E-state index is -0.0713. The van der Waals surface area contributed by atoms with E-state index < -0.39 is 0 Å². The van der Waals surface area contributed by atoms with Crippen molar-refractivity contribution in [2.24, 2.45) is 5.41 Å². The molecule has 2 aliphatic rings. The summed E-state index contributed by atoms with van der Waals surface area (Å²) in [6.45, 7) is 15.5. The van der Waals surface area contributed by atoms with Crippen molar-refractivity contribution in [3.8, 4) is 0 Å². The smallest absolute Gasteiger partial charge is 0.162 e. The summed E-state index contributed by atoms with van der Waals surface area (Å²) in [4.78, 5) is 2.50. The summed E-state index contributed by atoms with van der Waals surface area (Å²) in [6.07, 6.45) is 1.15. The summed E-state index contributed by atoms with van der Waals surface area (Å²) in [6, 6.07) is 0. The molecule has 0 aromatic rings. The molecule has 0 saturated carbocycles. The van der Waals surface area contributed by atoms with Gasteiger partial charge in [-0.1, -0.05) is 20.8 Å². The molecule has 0 bridgehead atoms. The van der Waals surface area contributed by atoms with Gasteiger partial charge in [-0.3, -0.25) is 4.90 Å². The summed E-state index contributed by atoms with van der Waals surface area (Å²) < 4.78 is 17.3. The molecule has 2 heterocycles. The summed E-state index contributed by atoms with van der Waals surface area (Å²) in [5.41, 5.74) is 0.197. The quantitative estimate of drug-likeness (QED) is 0.788. The lowest BCUT2D eigenvalue weighted by atomic mass is 9.94. The van der Waals surface area contributed by atoms with E-state index in [9.17, 15) is 0 Å². The van der Waals surface area contributed by atoms with Gasteiger partial charge in [0, 0.05) is 24.0 Å². The number of rotatable bonds is 3. The normalized spacial score (nSPS) is 30.8. The third-order valence-corrected chi connectivity index (χ3v) is 4.05. The standard InChI is InChI=1S/C15H29NO3/c1-14(2,3)13-18-11-12(19-13)10-15(4,5)16-6-8-17-9-7-16/h12-13H,6-11H2,1-5H3. The minimum Gasteiger partial charge on any atom is -0.379 e.